The quantitative estimate of drug-likeness (QED) is 0.827. The fraction of sp³-hybridized carbons (Fsp3) is 0.400. The molecule has 0 aliphatic heterocycles. The number of carbonyl (C=O) groups is 1. The van der Waals surface area contributed by atoms with Gasteiger partial charge in [-0.05, 0) is 32.4 Å². The molecule has 0 unspecified atom stereocenters. The smallest absolute Gasteiger partial charge is 0.230 e. The zero-order valence-corrected chi connectivity index (χ0v) is 14.1. The Hall–Kier alpha value is -1.40. The van der Waals surface area contributed by atoms with Crippen molar-refractivity contribution in [1.29, 1.82) is 0 Å². The number of hydrogen-bond donors (Lipinski definition) is 1. The van der Waals surface area contributed by atoms with E-state index in [1.54, 1.807) is 23.7 Å². The molecule has 2 rings (SSSR count). The molecule has 0 aliphatic rings. The van der Waals surface area contributed by atoms with Crippen molar-refractivity contribution in [3.63, 3.8) is 0 Å². The molecule has 2 heterocycles. The van der Waals surface area contributed by atoms with E-state index in [1.807, 2.05) is 19.1 Å². The van der Waals surface area contributed by atoms with E-state index in [0.29, 0.717) is 5.75 Å². The molecule has 112 valence electrons. The molecule has 0 bridgehead atoms. The largest absolute Gasteiger partial charge is 0.346 e. The first-order valence-corrected chi connectivity index (χ1v) is 8.66. The first-order chi connectivity index (χ1) is 10.1. The molecule has 0 spiro atoms. The SMILES string of the molecule is CC[C@H](NC(=O)CSc1ccncc1)c1nc(C)c(C)s1. The molecule has 1 amide bonds. The number of rotatable bonds is 6. The van der Waals surface area contributed by atoms with Gasteiger partial charge in [-0.3, -0.25) is 9.78 Å². The third kappa shape index (κ3) is 4.54. The van der Waals surface area contributed by atoms with Gasteiger partial charge < -0.3 is 5.32 Å². The topological polar surface area (TPSA) is 54.9 Å². The summed E-state index contributed by atoms with van der Waals surface area (Å²) in [5, 5.41) is 4.06. The Bertz CT molecular complexity index is 579. The van der Waals surface area contributed by atoms with Gasteiger partial charge in [-0.15, -0.1) is 23.1 Å². The number of thioether (sulfide) groups is 1. The molecule has 21 heavy (non-hydrogen) atoms. The van der Waals surface area contributed by atoms with Gasteiger partial charge in [-0.1, -0.05) is 6.92 Å². The van der Waals surface area contributed by atoms with E-state index in [2.05, 4.69) is 29.1 Å². The second-order valence-corrected chi connectivity index (χ2v) is 6.98. The van der Waals surface area contributed by atoms with Crippen molar-refractivity contribution >= 4 is 29.0 Å². The van der Waals surface area contributed by atoms with Gasteiger partial charge in [-0.2, -0.15) is 0 Å². The van der Waals surface area contributed by atoms with Gasteiger partial charge in [0.1, 0.15) is 5.01 Å². The third-order valence-electron chi connectivity index (χ3n) is 3.11. The number of amides is 1. The van der Waals surface area contributed by atoms with Crippen molar-refractivity contribution in [3.8, 4) is 0 Å². The van der Waals surface area contributed by atoms with Crippen LogP contribution in [0.4, 0.5) is 0 Å². The highest BCUT2D eigenvalue weighted by atomic mass is 32.2. The Morgan fingerprint density at radius 2 is 2.10 bits per heavy atom. The normalized spacial score (nSPS) is 12.1. The van der Waals surface area contributed by atoms with Crippen molar-refractivity contribution < 1.29 is 4.79 Å². The molecule has 2 aromatic heterocycles. The zero-order valence-electron chi connectivity index (χ0n) is 12.4. The molecule has 1 N–H and O–H groups in total. The lowest BCUT2D eigenvalue weighted by Crippen LogP contribution is -2.29. The Labute approximate surface area is 133 Å². The summed E-state index contributed by atoms with van der Waals surface area (Å²) in [5.74, 6) is 0.443. The average molecular weight is 321 g/mol. The molecule has 0 saturated heterocycles. The van der Waals surface area contributed by atoms with Crippen molar-refractivity contribution in [3.05, 3.63) is 40.1 Å². The minimum atomic E-state index is 0.00735. The predicted octanol–water partition coefficient (Wildman–Crippen LogP) is 3.51. The second-order valence-electron chi connectivity index (χ2n) is 4.69. The summed E-state index contributed by atoms with van der Waals surface area (Å²) in [4.78, 5) is 22.8. The van der Waals surface area contributed by atoms with E-state index in [4.69, 9.17) is 0 Å². The van der Waals surface area contributed by atoms with Crippen molar-refractivity contribution in [1.82, 2.24) is 15.3 Å². The summed E-state index contributed by atoms with van der Waals surface area (Å²) >= 11 is 3.18. The molecule has 1 atom stereocenters. The summed E-state index contributed by atoms with van der Waals surface area (Å²) in [7, 11) is 0. The molecule has 2 aromatic rings. The first kappa shape index (κ1) is 16.0. The van der Waals surface area contributed by atoms with Crippen LogP contribution in [0.25, 0.3) is 0 Å². The highest BCUT2D eigenvalue weighted by Gasteiger charge is 2.17. The van der Waals surface area contributed by atoms with Crippen LogP contribution in [0, 0.1) is 13.8 Å². The summed E-state index contributed by atoms with van der Waals surface area (Å²) in [6.45, 7) is 6.13. The molecule has 6 heteroatoms. The maximum Gasteiger partial charge on any atom is 0.230 e. The third-order valence-corrected chi connectivity index (χ3v) is 5.30. The van der Waals surface area contributed by atoms with Gasteiger partial charge >= 0.3 is 0 Å². The van der Waals surface area contributed by atoms with Crippen LogP contribution < -0.4 is 5.32 Å². The van der Waals surface area contributed by atoms with Crippen LogP contribution in [-0.2, 0) is 4.79 Å². The Morgan fingerprint density at radius 1 is 1.38 bits per heavy atom. The van der Waals surface area contributed by atoms with Crippen molar-refractivity contribution in [2.75, 3.05) is 5.75 Å². The zero-order chi connectivity index (χ0) is 15.2. The first-order valence-electron chi connectivity index (χ1n) is 6.86. The van der Waals surface area contributed by atoms with Gasteiger partial charge in [0.2, 0.25) is 5.91 Å². The van der Waals surface area contributed by atoms with E-state index in [9.17, 15) is 4.79 Å². The van der Waals surface area contributed by atoms with Crippen LogP contribution in [0.5, 0.6) is 0 Å². The molecule has 4 nitrogen and oxygen atoms in total. The monoisotopic (exact) mass is 321 g/mol. The highest BCUT2D eigenvalue weighted by molar-refractivity contribution is 8.00. The highest BCUT2D eigenvalue weighted by Crippen LogP contribution is 2.25. The van der Waals surface area contributed by atoms with Crippen LogP contribution in [0.15, 0.2) is 29.4 Å². The number of nitrogens with one attached hydrogen (secondary N) is 1. The number of hydrogen-bond acceptors (Lipinski definition) is 5. The lowest BCUT2D eigenvalue weighted by molar-refractivity contribution is -0.119. The Balaban J connectivity index is 1.91. The summed E-state index contributed by atoms with van der Waals surface area (Å²) < 4.78 is 0. The van der Waals surface area contributed by atoms with Gasteiger partial charge in [0.25, 0.3) is 0 Å². The minimum absolute atomic E-state index is 0.00735. The molecule has 0 saturated carbocycles. The summed E-state index contributed by atoms with van der Waals surface area (Å²) in [6.07, 6.45) is 4.31. The number of aromatic nitrogens is 2. The lowest BCUT2D eigenvalue weighted by Gasteiger charge is -2.14. The molecular weight excluding hydrogens is 302 g/mol. The van der Waals surface area contributed by atoms with Gasteiger partial charge in [0.15, 0.2) is 0 Å². The van der Waals surface area contributed by atoms with E-state index in [1.165, 1.54) is 16.6 Å². The second kappa shape index (κ2) is 7.56. The van der Waals surface area contributed by atoms with Crippen LogP contribution in [-0.4, -0.2) is 21.6 Å². The maximum atomic E-state index is 12.1. The van der Waals surface area contributed by atoms with Gasteiger partial charge in [0, 0.05) is 22.2 Å². The van der Waals surface area contributed by atoms with E-state index in [-0.39, 0.29) is 11.9 Å². The van der Waals surface area contributed by atoms with E-state index >= 15 is 0 Å². The summed E-state index contributed by atoms with van der Waals surface area (Å²) in [5.41, 5.74) is 1.05. The van der Waals surface area contributed by atoms with Crippen LogP contribution in [0.1, 0.15) is 35.0 Å². The fourth-order valence-electron chi connectivity index (χ4n) is 1.80. The van der Waals surface area contributed by atoms with Crippen LogP contribution in [0.2, 0.25) is 0 Å². The lowest BCUT2D eigenvalue weighted by atomic mass is 10.2. The molecule has 0 radical (unpaired) electrons. The number of thiazole rings is 1. The Morgan fingerprint density at radius 3 is 2.67 bits per heavy atom. The van der Waals surface area contributed by atoms with Crippen molar-refractivity contribution in [2.24, 2.45) is 0 Å². The van der Waals surface area contributed by atoms with Crippen LogP contribution in [0.3, 0.4) is 0 Å². The summed E-state index contributed by atoms with van der Waals surface area (Å²) in [6, 6.07) is 3.82. The number of aryl methyl sites for hydroxylation is 2. The van der Waals surface area contributed by atoms with E-state index < -0.39 is 0 Å². The fourth-order valence-corrected chi connectivity index (χ4v) is 3.56. The number of nitrogens with zero attached hydrogens (tertiary/aromatic N) is 2. The molecule has 0 aromatic carbocycles. The van der Waals surface area contributed by atoms with Gasteiger partial charge in [0.05, 0.1) is 17.5 Å². The average Bonchev–Trinajstić information content (AvgIpc) is 2.83. The number of carbonyl (C=O) groups excluding carboxylic acids is 1. The van der Waals surface area contributed by atoms with Crippen LogP contribution >= 0.6 is 23.1 Å². The van der Waals surface area contributed by atoms with Gasteiger partial charge in [-0.25, -0.2) is 4.98 Å². The Kier molecular flexibility index (Phi) is 5.76. The maximum absolute atomic E-state index is 12.1. The van der Waals surface area contributed by atoms with Crippen molar-refractivity contribution in [2.45, 2.75) is 38.1 Å². The minimum Gasteiger partial charge on any atom is -0.346 e. The molecule has 0 fully saturated rings. The molecule has 0 aliphatic carbocycles. The van der Waals surface area contributed by atoms with E-state index in [0.717, 1.165) is 22.0 Å². The number of pyridine rings is 1. The molecular formula is C15H19N3OS2. The predicted molar refractivity (Wildman–Crippen MR) is 87.7 cm³/mol. The standard InChI is InChI=1S/C15H19N3OS2/c1-4-13(15-17-10(2)11(3)21-15)18-14(19)9-20-12-5-7-16-8-6-12/h5-8,13H,4,9H2,1-3H3,(H,18,19)/t13-/m0/s1.